The molecule has 2 aliphatic heterocycles. The maximum Gasteiger partial charge on any atom is 0.181 e. The summed E-state index contributed by atoms with van der Waals surface area (Å²) in [6, 6.07) is 70.3. The zero-order chi connectivity index (χ0) is 38.9. The van der Waals surface area contributed by atoms with Crippen LogP contribution in [-0.2, 0) is 5.41 Å². The third-order valence-corrected chi connectivity index (χ3v) is 12.0. The Morgan fingerprint density at radius 1 is 0.458 bits per heavy atom. The van der Waals surface area contributed by atoms with Crippen molar-refractivity contribution >= 4 is 33.2 Å². The van der Waals surface area contributed by atoms with Gasteiger partial charge in [0.15, 0.2) is 28.8 Å². The van der Waals surface area contributed by atoms with Crippen LogP contribution in [0.3, 0.4) is 0 Å². The van der Waals surface area contributed by atoms with Gasteiger partial charge >= 0.3 is 0 Å². The van der Waals surface area contributed by atoms with Crippen molar-refractivity contribution in [2.75, 3.05) is 0 Å². The molecule has 9 aromatic carbocycles. The molecule has 0 amide bonds. The summed E-state index contributed by atoms with van der Waals surface area (Å²) in [4.78, 5) is 10.4. The highest BCUT2D eigenvalue weighted by Gasteiger charge is 2.47. The van der Waals surface area contributed by atoms with E-state index >= 15 is 0 Å². The summed E-state index contributed by atoms with van der Waals surface area (Å²) in [6.07, 6.45) is -0.398. The van der Waals surface area contributed by atoms with E-state index in [4.69, 9.17) is 19.5 Å². The van der Waals surface area contributed by atoms with Gasteiger partial charge in [0.2, 0.25) is 0 Å². The maximum atomic E-state index is 6.97. The lowest BCUT2D eigenvalue weighted by molar-refractivity contribution is 0.358. The van der Waals surface area contributed by atoms with Gasteiger partial charge in [0, 0.05) is 5.56 Å². The van der Waals surface area contributed by atoms with E-state index in [1.807, 2.05) is 36.4 Å². The van der Waals surface area contributed by atoms with Crippen molar-refractivity contribution in [2.45, 2.75) is 11.6 Å². The highest BCUT2D eigenvalue weighted by atomic mass is 16.6. The summed E-state index contributed by atoms with van der Waals surface area (Å²) >= 11 is 0. The molecule has 0 bridgehead atoms. The number of hydrogen-bond donors (Lipinski definition) is 1. The van der Waals surface area contributed by atoms with Gasteiger partial charge < -0.3 is 14.8 Å². The van der Waals surface area contributed by atoms with Crippen LogP contribution in [0, 0.1) is 0 Å². The van der Waals surface area contributed by atoms with Crippen molar-refractivity contribution in [3.8, 4) is 34.1 Å². The van der Waals surface area contributed by atoms with E-state index < -0.39 is 11.6 Å². The van der Waals surface area contributed by atoms with E-state index in [1.54, 1.807) is 0 Å². The van der Waals surface area contributed by atoms with Crippen LogP contribution in [0.1, 0.15) is 45.1 Å². The summed E-state index contributed by atoms with van der Waals surface area (Å²) in [5.41, 5.74) is 9.28. The lowest BCUT2D eigenvalue weighted by Crippen LogP contribution is -2.33. The van der Waals surface area contributed by atoms with E-state index in [0.29, 0.717) is 28.8 Å². The number of ether oxygens (including phenoxy) is 2. The molecule has 3 aliphatic rings. The van der Waals surface area contributed by atoms with Gasteiger partial charge in [0.25, 0.3) is 0 Å². The number of aliphatic imine (C=N–C) groups is 2. The largest absolute Gasteiger partial charge is 0.449 e. The lowest BCUT2D eigenvalue weighted by Gasteiger charge is -2.34. The zero-order valence-corrected chi connectivity index (χ0v) is 31.8. The van der Waals surface area contributed by atoms with Crippen molar-refractivity contribution in [2.24, 2.45) is 9.98 Å². The molecule has 1 N–H and O–H groups in total. The third-order valence-electron chi connectivity index (χ3n) is 12.0. The zero-order valence-electron chi connectivity index (χ0n) is 31.8. The van der Waals surface area contributed by atoms with Crippen LogP contribution >= 0.6 is 0 Å². The maximum absolute atomic E-state index is 6.97. The Morgan fingerprint density at radius 2 is 1.12 bits per heavy atom. The van der Waals surface area contributed by atoms with Gasteiger partial charge in [-0.05, 0) is 90.8 Å². The Balaban J connectivity index is 0.991. The average Bonchev–Trinajstić information content (AvgIpc) is 3.60. The van der Waals surface area contributed by atoms with E-state index in [1.165, 1.54) is 38.4 Å². The molecule has 9 aromatic rings. The monoisotopic (exact) mass is 757 g/mol. The molecule has 0 saturated carbocycles. The molecule has 2 heterocycles. The van der Waals surface area contributed by atoms with E-state index in [0.717, 1.165) is 39.0 Å². The minimum absolute atomic E-state index is 0.398. The molecule has 5 nitrogen and oxygen atoms in total. The predicted octanol–water partition coefficient (Wildman–Crippen LogP) is 12.7. The molecule has 0 saturated heterocycles. The van der Waals surface area contributed by atoms with Crippen LogP contribution in [0.4, 0.5) is 0 Å². The Hall–Kier alpha value is -7.76. The summed E-state index contributed by atoms with van der Waals surface area (Å²) < 4.78 is 13.8. The van der Waals surface area contributed by atoms with Crippen LogP contribution in [0.2, 0.25) is 0 Å². The number of nitrogens with zero attached hydrogens (tertiary/aromatic N) is 2. The summed E-state index contributed by atoms with van der Waals surface area (Å²) in [6.45, 7) is 0. The van der Waals surface area contributed by atoms with Crippen molar-refractivity contribution in [3.63, 3.8) is 0 Å². The number of para-hydroxylation sites is 1. The first kappa shape index (κ1) is 33.4. The molecule has 1 atom stereocenters. The minimum Gasteiger partial charge on any atom is -0.449 e. The normalized spacial score (nSPS) is 15.7. The predicted molar refractivity (Wildman–Crippen MR) is 237 cm³/mol. The second kappa shape index (κ2) is 13.2. The fourth-order valence-corrected chi connectivity index (χ4v) is 9.40. The molecule has 0 radical (unpaired) electrons. The number of benzene rings is 9. The molecule has 278 valence electrons. The number of rotatable bonds is 5. The molecular formula is C54H35N3O2. The SMILES string of the molecule is c1ccc(C2=NC(c3cccc4c3Oc3cc5c(cc3O4)C(c3ccccc3)(c3ccccc3)c3ccccc3-5)=NC(c3ccc4c(ccc5ccccc54)c3)N2)cc1. The molecule has 0 fully saturated rings. The molecule has 59 heavy (non-hydrogen) atoms. The minimum atomic E-state index is -0.549. The Morgan fingerprint density at radius 3 is 1.93 bits per heavy atom. The van der Waals surface area contributed by atoms with E-state index in [9.17, 15) is 0 Å². The molecule has 1 unspecified atom stereocenters. The number of amidine groups is 2. The van der Waals surface area contributed by atoms with Crippen LogP contribution in [0.25, 0.3) is 32.7 Å². The second-order valence-corrected chi connectivity index (χ2v) is 15.3. The van der Waals surface area contributed by atoms with E-state index in [2.05, 4.69) is 169 Å². The first-order chi connectivity index (χ1) is 29.2. The van der Waals surface area contributed by atoms with Gasteiger partial charge in [-0.1, -0.05) is 170 Å². The highest BCUT2D eigenvalue weighted by molar-refractivity contribution is 6.14. The van der Waals surface area contributed by atoms with Crippen LogP contribution in [0.5, 0.6) is 23.0 Å². The first-order valence-electron chi connectivity index (χ1n) is 20.0. The summed E-state index contributed by atoms with van der Waals surface area (Å²) in [5, 5.41) is 8.47. The van der Waals surface area contributed by atoms with Gasteiger partial charge in [0.05, 0.1) is 11.0 Å². The van der Waals surface area contributed by atoms with Gasteiger partial charge in [0.1, 0.15) is 12.0 Å². The third kappa shape index (κ3) is 5.18. The Kier molecular flexibility index (Phi) is 7.44. The lowest BCUT2D eigenvalue weighted by atomic mass is 9.67. The summed E-state index contributed by atoms with van der Waals surface area (Å²) in [7, 11) is 0. The Labute approximate surface area is 341 Å². The standard InChI is InChI=1S/C54H35N3O2/c1-4-16-35(17-5-1)51-55-52(37-29-30-41-36(31-37)28-27-34-15-10-11-22-40(34)41)57-53(56-51)43-24-14-26-47-50(43)59-48-32-44-42-23-12-13-25-45(42)54(38-18-6-2-7-19-38,39-20-8-3-9-21-39)46(44)33-49(48)58-47/h1-33,52H,(H,55,56,57). The quantitative estimate of drug-likeness (QED) is 0.178. The van der Waals surface area contributed by atoms with Crippen molar-refractivity contribution < 1.29 is 9.47 Å². The van der Waals surface area contributed by atoms with Gasteiger partial charge in [-0.25, -0.2) is 9.98 Å². The van der Waals surface area contributed by atoms with Crippen LogP contribution in [0.15, 0.2) is 210 Å². The number of fused-ring (bicyclic) bond motifs is 8. The van der Waals surface area contributed by atoms with Gasteiger partial charge in [-0.15, -0.1) is 0 Å². The van der Waals surface area contributed by atoms with Gasteiger partial charge in [-0.3, -0.25) is 0 Å². The molecular weight excluding hydrogens is 723 g/mol. The van der Waals surface area contributed by atoms with E-state index in [-0.39, 0.29) is 0 Å². The summed E-state index contributed by atoms with van der Waals surface area (Å²) in [5.74, 6) is 3.82. The molecule has 12 rings (SSSR count). The highest BCUT2D eigenvalue weighted by Crippen LogP contribution is 2.60. The second-order valence-electron chi connectivity index (χ2n) is 15.3. The van der Waals surface area contributed by atoms with Crippen LogP contribution in [-0.4, -0.2) is 11.7 Å². The topological polar surface area (TPSA) is 55.2 Å². The van der Waals surface area contributed by atoms with Crippen molar-refractivity contribution in [3.05, 3.63) is 239 Å². The molecule has 5 heteroatoms. The van der Waals surface area contributed by atoms with Crippen LogP contribution < -0.4 is 14.8 Å². The fraction of sp³-hybridized carbons (Fsp3) is 0.0370. The van der Waals surface area contributed by atoms with Gasteiger partial charge in [-0.2, -0.15) is 0 Å². The van der Waals surface area contributed by atoms with Crippen molar-refractivity contribution in [1.82, 2.24) is 5.32 Å². The van der Waals surface area contributed by atoms with Crippen molar-refractivity contribution in [1.29, 1.82) is 0 Å². The smallest absolute Gasteiger partial charge is 0.181 e. The first-order valence-corrected chi connectivity index (χ1v) is 20.0. The Bertz CT molecular complexity index is 3150. The number of hydrogen-bond acceptors (Lipinski definition) is 5. The molecule has 1 aliphatic carbocycles. The average molecular weight is 758 g/mol. The molecule has 0 spiro atoms. The molecule has 0 aromatic heterocycles. The number of nitrogens with one attached hydrogen (secondary N) is 1. The fourth-order valence-electron chi connectivity index (χ4n) is 9.40.